The molecule has 1 saturated carbocycles. The summed E-state index contributed by atoms with van der Waals surface area (Å²) < 4.78 is 19.0. The number of aliphatic hydroxyl groups is 1. The lowest BCUT2D eigenvalue weighted by Crippen LogP contribution is -2.70. The van der Waals surface area contributed by atoms with Gasteiger partial charge in [-0.3, -0.25) is 0 Å². The second-order valence-electron chi connectivity index (χ2n) is 9.56. The van der Waals surface area contributed by atoms with E-state index in [4.69, 9.17) is 24.0 Å². The van der Waals surface area contributed by atoms with Crippen molar-refractivity contribution in [3.63, 3.8) is 0 Å². The molecule has 160 valence electrons. The average Bonchev–Trinajstić information content (AvgIpc) is 2.96. The molecule has 1 aliphatic carbocycles. The van der Waals surface area contributed by atoms with E-state index in [1.54, 1.807) is 0 Å². The topological polar surface area (TPSA) is 66.4 Å². The molecule has 6 nitrogen and oxygen atoms in total. The van der Waals surface area contributed by atoms with E-state index in [2.05, 4.69) is 13.8 Å². The molecule has 6 rings (SSSR count). The third kappa shape index (κ3) is 3.16. The second-order valence-corrected chi connectivity index (χ2v) is 9.56. The van der Waals surface area contributed by atoms with Crippen LogP contribution < -0.4 is 0 Å². The minimum atomic E-state index is -0.761. The van der Waals surface area contributed by atoms with Crippen LogP contribution in [0.1, 0.15) is 57.6 Å². The predicted molar refractivity (Wildman–Crippen MR) is 104 cm³/mol. The highest BCUT2D eigenvalue weighted by atomic mass is 17.3. The van der Waals surface area contributed by atoms with E-state index in [0.29, 0.717) is 18.4 Å². The number of ether oxygens (including phenoxy) is 3. The van der Waals surface area contributed by atoms with Crippen molar-refractivity contribution >= 4 is 0 Å². The molecule has 0 unspecified atom stereocenters. The molecule has 5 fully saturated rings. The molecule has 6 heteroatoms. The summed E-state index contributed by atoms with van der Waals surface area (Å²) >= 11 is 0. The first-order valence-electron chi connectivity index (χ1n) is 11.0. The zero-order chi connectivity index (χ0) is 20.2. The quantitative estimate of drug-likeness (QED) is 0.768. The highest BCUT2D eigenvalue weighted by molar-refractivity contribution is 5.21. The van der Waals surface area contributed by atoms with Crippen LogP contribution in [0.4, 0.5) is 0 Å². The SMILES string of the molecule is C[C@H]1[C@@H](OCc2ccc(CO)cc2)O[C@@H]2O[C@]3(C)CC[C@H]4[C@H](C)CC[C@@H]1[C@@]24OO3. The average molecular weight is 405 g/mol. The lowest BCUT2D eigenvalue weighted by molar-refractivity contribution is -0.577. The zero-order valence-corrected chi connectivity index (χ0v) is 17.5. The van der Waals surface area contributed by atoms with E-state index >= 15 is 0 Å². The predicted octanol–water partition coefficient (Wildman–Crippen LogP) is 3.90. The Kier molecular flexibility index (Phi) is 5.01. The van der Waals surface area contributed by atoms with Gasteiger partial charge in [0.1, 0.15) is 0 Å². The Morgan fingerprint density at radius 1 is 1.03 bits per heavy atom. The molecule has 0 radical (unpaired) electrons. The van der Waals surface area contributed by atoms with Crippen molar-refractivity contribution in [1.82, 2.24) is 0 Å². The third-order valence-corrected chi connectivity index (χ3v) is 7.72. The molecule has 1 spiro atoms. The van der Waals surface area contributed by atoms with E-state index < -0.39 is 17.7 Å². The Morgan fingerprint density at radius 2 is 1.79 bits per heavy atom. The van der Waals surface area contributed by atoms with E-state index in [1.165, 1.54) is 6.42 Å². The molecule has 2 bridgehead atoms. The first kappa shape index (κ1) is 19.9. The number of benzene rings is 1. The Morgan fingerprint density at radius 3 is 2.55 bits per heavy atom. The van der Waals surface area contributed by atoms with Crippen LogP contribution in [-0.4, -0.2) is 29.1 Å². The van der Waals surface area contributed by atoms with Crippen molar-refractivity contribution in [2.45, 2.75) is 83.6 Å². The summed E-state index contributed by atoms with van der Waals surface area (Å²) in [6.07, 6.45) is 3.27. The van der Waals surface area contributed by atoms with Gasteiger partial charge >= 0.3 is 0 Å². The summed E-state index contributed by atoms with van der Waals surface area (Å²) in [5.41, 5.74) is 1.41. The fourth-order valence-corrected chi connectivity index (χ4v) is 5.98. The van der Waals surface area contributed by atoms with E-state index in [9.17, 15) is 5.11 Å². The van der Waals surface area contributed by atoms with Crippen molar-refractivity contribution in [2.75, 3.05) is 0 Å². The van der Waals surface area contributed by atoms with Gasteiger partial charge in [0.05, 0.1) is 13.2 Å². The van der Waals surface area contributed by atoms with Crippen LogP contribution in [-0.2, 0) is 37.2 Å². The summed E-state index contributed by atoms with van der Waals surface area (Å²) in [5, 5.41) is 9.22. The Balaban J connectivity index is 1.38. The van der Waals surface area contributed by atoms with Gasteiger partial charge in [0.15, 0.2) is 18.2 Å². The minimum Gasteiger partial charge on any atom is -0.392 e. The number of hydrogen-bond donors (Lipinski definition) is 1. The number of rotatable bonds is 4. The molecule has 5 aliphatic rings. The molecule has 0 aromatic heterocycles. The van der Waals surface area contributed by atoms with Gasteiger partial charge in [-0.2, -0.15) is 0 Å². The van der Waals surface area contributed by atoms with Gasteiger partial charge in [-0.25, -0.2) is 9.78 Å². The Bertz CT molecular complexity index is 737. The highest BCUT2D eigenvalue weighted by Crippen LogP contribution is 2.60. The van der Waals surface area contributed by atoms with E-state index in [1.807, 2.05) is 31.2 Å². The van der Waals surface area contributed by atoms with Crippen LogP contribution >= 0.6 is 0 Å². The molecule has 29 heavy (non-hydrogen) atoms. The summed E-state index contributed by atoms with van der Waals surface area (Å²) in [6, 6.07) is 7.82. The zero-order valence-electron chi connectivity index (χ0n) is 17.5. The maximum absolute atomic E-state index is 9.22. The summed E-state index contributed by atoms with van der Waals surface area (Å²) in [7, 11) is 0. The molecule has 4 heterocycles. The van der Waals surface area contributed by atoms with Gasteiger partial charge in [0.25, 0.3) is 0 Å². The van der Waals surface area contributed by atoms with Crippen LogP contribution in [0, 0.1) is 23.7 Å². The number of fused-ring (bicyclic) bond motifs is 2. The van der Waals surface area contributed by atoms with Crippen molar-refractivity contribution in [3.05, 3.63) is 35.4 Å². The Labute approximate surface area is 172 Å². The van der Waals surface area contributed by atoms with E-state index in [0.717, 1.165) is 30.4 Å². The largest absolute Gasteiger partial charge is 0.392 e. The summed E-state index contributed by atoms with van der Waals surface area (Å²) in [6.45, 7) is 6.97. The lowest BCUT2D eigenvalue weighted by atomic mass is 9.58. The van der Waals surface area contributed by atoms with E-state index in [-0.39, 0.29) is 24.7 Å². The standard InChI is InChI=1S/C23H32O6/c1-14-4-9-19-15(2)20(25-13-17-7-5-16(12-24)6-8-17)26-21-23(19)18(14)10-11-22(3,27-21)28-29-23/h5-8,14-15,18-21,24H,4,9-13H2,1-3H3/t14-,15-,18+,19+,20+,21-,22+,23-/m1/s1. The number of aliphatic hydroxyl groups excluding tert-OH is 1. The molecular formula is C23H32O6. The smallest absolute Gasteiger partial charge is 0.201 e. The molecule has 0 amide bonds. The van der Waals surface area contributed by atoms with Crippen LogP contribution in [0.3, 0.4) is 0 Å². The van der Waals surface area contributed by atoms with Crippen molar-refractivity contribution in [3.8, 4) is 0 Å². The van der Waals surface area contributed by atoms with Crippen LogP contribution in [0.2, 0.25) is 0 Å². The van der Waals surface area contributed by atoms with Crippen LogP contribution in [0.5, 0.6) is 0 Å². The van der Waals surface area contributed by atoms with Crippen LogP contribution in [0.25, 0.3) is 0 Å². The van der Waals surface area contributed by atoms with Gasteiger partial charge in [-0.05, 0) is 49.1 Å². The monoisotopic (exact) mass is 404 g/mol. The van der Waals surface area contributed by atoms with Crippen molar-refractivity contribution in [2.24, 2.45) is 23.7 Å². The highest BCUT2D eigenvalue weighted by Gasteiger charge is 2.69. The fourth-order valence-electron chi connectivity index (χ4n) is 5.98. The molecule has 1 aromatic carbocycles. The maximum atomic E-state index is 9.22. The van der Waals surface area contributed by atoms with Gasteiger partial charge in [0, 0.05) is 18.3 Å². The van der Waals surface area contributed by atoms with Gasteiger partial charge in [0.2, 0.25) is 5.79 Å². The molecular weight excluding hydrogens is 372 g/mol. The fraction of sp³-hybridized carbons (Fsp3) is 0.739. The number of hydrogen-bond acceptors (Lipinski definition) is 6. The Hall–Kier alpha value is -1.02. The first-order chi connectivity index (χ1) is 13.9. The van der Waals surface area contributed by atoms with Crippen LogP contribution in [0.15, 0.2) is 24.3 Å². The molecule has 8 atom stereocenters. The molecule has 1 N–H and O–H groups in total. The molecule has 1 aromatic rings. The first-order valence-corrected chi connectivity index (χ1v) is 11.0. The second kappa shape index (κ2) is 7.29. The normalized spacial score (nSPS) is 46.2. The molecule has 4 saturated heterocycles. The summed E-state index contributed by atoms with van der Waals surface area (Å²) in [4.78, 5) is 12.0. The summed E-state index contributed by atoms with van der Waals surface area (Å²) in [5.74, 6) is 0.604. The van der Waals surface area contributed by atoms with Crippen molar-refractivity contribution in [1.29, 1.82) is 0 Å². The molecule has 4 aliphatic heterocycles. The van der Waals surface area contributed by atoms with Crippen molar-refractivity contribution < 1.29 is 29.1 Å². The van der Waals surface area contributed by atoms with Gasteiger partial charge in [-0.15, -0.1) is 0 Å². The van der Waals surface area contributed by atoms with Gasteiger partial charge in [-0.1, -0.05) is 38.1 Å². The maximum Gasteiger partial charge on any atom is 0.201 e. The third-order valence-electron chi connectivity index (χ3n) is 7.72. The lowest BCUT2D eigenvalue weighted by Gasteiger charge is -2.60. The van der Waals surface area contributed by atoms with Gasteiger partial charge < -0.3 is 19.3 Å². The minimum absolute atomic E-state index is 0.0487.